The van der Waals surface area contributed by atoms with E-state index in [1.54, 1.807) is 26.9 Å². The SMILES string of the molecule is CSSCOC1C[C@H](N/C=C(/C#CCNC(=O)C(F)(F)F)C(C)=O)O[C@@H]1CO[Si](C)(C)C(C)(C)C. The molecule has 0 aromatic carbocycles. The molecular formula is C22H35F3N2O5S2Si. The largest absolute Gasteiger partial charge is 0.471 e. The third kappa shape index (κ3) is 11.2. The van der Waals surface area contributed by atoms with Gasteiger partial charge in [-0.15, -0.1) is 0 Å². The minimum atomic E-state index is -4.99. The Morgan fingerprint density at radius 1 is 1.26 bits per heavy atom. The molecule has 1 saturated heterocycles. The fourth-order valence-corrected chi connectivity index (χ4v) is 4.38. The molecule has 3 atom stereocenters. The summed E-state index contributed by atoms with van der Waals surface area (Å²) in [5, 5.41) is 4.69. The quantitative estimate of drug-likeness (QED) is 0.0977. The van der Waals surface area contributed by atoms with Gasteiger partial charge in [0.05, 0.1) is 24.8 Å². The molecule has 0 saturated carbocycles. The summed E-state index contributed by atoms with van der Waals surface area (Å²) < 4.78 is 55.1. The van der Waals surface area contributed by atoms with Crippen LogP contribution < -0.4 is 10.6 Å². The molecule has 0 aromatic rings. The van der Waals surface area contributed by atoms with Crippen molar-refractivity contribution in [2.24, 2.45) is 0 Å². The number of nitrogens with one attached hydrogen (secondary N) is 2. The van der Waals surface area contributed by atoms with Crippen LogP contribution in [0.25, 0.3) is 0 Å². The van der Waals surface area contributed by atoms with Gasteiger partial charge in [-0.05, 0) is 31.3 Å². The fraction of sp³-hybridized carbons (Fsp3) is 0.727. The number of Topliss-reactive ketones (excluding diaryl/α,β-unsaturated/α-hetero) is 1. The number of hydrogen-bond acceptors (Lipinski definition) is 8. The first kappa shape index (κ1) is 31.9. The maximum atomic E-state index is 12.2. The molecule has 0 radical (unpaired) electrons. The van der Waals surface area contributed by atoms with E-state index in [2.05, 4.69) is 51.0 Å². The van der Waals surface area contributed by atoms with Crippen molar-refractivity contribution in [3.8, 4) is 11.8 Å². The number of halogens is 3. The topological polar surface area (TPSA) is 85.9 Å². The lowest BCUT2D eigenvalue weighted by molar-refractivity contribution is -0.173. The Labute approximate surface area is 214 Å². The summed E-state index contributed by atoms with van der Waals surface area (Å²) in [5.74, 6) is 2.85. The lowest BCUT2D eigenvalue weighted by Gasteiger charge is -2.37. The molecule has 1 heterocycles. The number of carbonyl (C=O) groups is 2. The molecule has 13 heteroatoms. The van der Waals surface area contributed by atoms with Gasteiger partial charge in [0.2, 0.25) is 0 Å². The molecule has 7 nitrogen and oxygen atoms in total. The zero-order valence-corrected chi connectivity index (χ0v) is 23.8. The average molecular weight is 557 g/mol. The second kappa shape index (κ2) is 13.9. The van der Waals surface area contributed by atoms with Crippen molar-refractivity contribution in [1.82, 2.24) is 10.6 Å². The highest BCUT2D eigenvalue weighted by Gasteiger charge is 2.41. The standard InChI is InChI=1S/C22H35F3N2O5S2Si/c1-15(28)16(9-8-10-26-20(29)22(23,24)25)12-27-19-11-17(30-14-34-33-5)18(32-19)13-31-35(6,7)21(2,3)4/h12,17-19,27H,10-11,13-14H2,1-7H3,(H,26,29)/b16-12-/t17?,18-,19-/m1/s1. The van der Waals surface area contributed by atoms with E-state index in [0.717, 1.165) is 0 Å². The summed E-state index contributed by atoms with van der Waals surface area (Å²) in [4.78, 5) is 22.7. The Morgan fingerprint density at radius 2 is 1.91 bits per heavy atom. The van der Waals surface area contributed by atoms with Crippen molar-refractivity contribution in [3.05, 3.63) is 11.8 Å². The number of amides is 1. The van der Waals surface area contributed by atoms with Crippen molar-refractivity contribution in [1.29, 1.82) is 0 Å². The van der Waals surface area contributed by atoms with Gasteiger partial charge in [-0.3, -0.25) is 9.59 Å². The van der Waals surface area contributed by atoms with Crippen LogP contribution in [0.5, 0.6) is 0 Å². The highest BCUT2D eigenvalue weighted by atomic mass is 33.1. The van der Waals surface area contributed by atoms with E-state index in [-0.39, 0.29) is 28.6 Å². The minimum absolute atomic E-state index is 0.0473. The Morgan fingerprint density at radius 3 is 2.46 bits per heavy atom. The first-order valence-corrected chi connectivity index (χ1v) is 16.6. The second-order valence-corrected chi connectivity index (χ2v) is 16.7. The molecule has 2 N–H and O–H groups in total. The van der Waals surface area contributed by atoms with Gasteiger partial charge >= 0.3 is 12.1 Å². The number of allylic oxidation sites excluding steroid dienone is 1. The van der Waals surface area contributed by atoms with E-state index in [0.29, 0.717) is 19.0 Å². The Kier molecular flexibility index (Phi) is 12.7. The van der Waals surface area contributed by atoms with Crippen LogP contribution in [0.2, 0.25) is 18.1 Å². The van der Waals surface area contributed by atoms with E-state index in [9.17, 15) is 22.8 Å². The Hall–Kier alpha value is -1.17. The summed E-state index contributed by atoms with van der Waals surface area (Å²) >= 11 is 0. The molecule has 1 aliphatic rings. The highest BCUT2D eigenvalue weighted by Crippen LogP contribution is 2.37. The van der Waals surface area contributed by atoms with Crippen LogP contribution in [-0.4, -0.2) is 70.0 Å². The van der Waals surface area contributed by atoms with E-state index < -0.39 is 33.2 Å². The van der Waals surface area contributed by atoms with Gasteiger partial charge in [0.25, 0.3) is 0 Å². The number of ketones is 1. The summed E-state index contributed by atoms with van der Waals surface area (Å²) in [7, 11) is 1.18. The van der Waals surface area contributed by atoms with Crippen LogP contribution in [0.1, 0.15) is 34.1 Å². The van der Waals surface area contributed by atoms with Crippen molar-refractivity contribution in [2.45, 2.75) is 76.9 Å². The van der Waals surface area contributed by atoms with Gasteiger partial charge in [0.15, 0.2) is 14.1 Å². The maximum absolute atomic E-state index is 12.2. The number of carbonyl (C=O) groups excluding carboxylic acids is 2. The molecule has 1 fully saturated rings. The molecule has 35 heavy (non-hydrogen) atoms. The molecule has 1 rings (SSSR count). The van der Waals surface area contributed by atoms with Gasteiger partial charge in [-0.1, -0.05) is 54.2 Å². The van der Waals surface area contributed by atoms with Crippen molar-refractivity contribution < 1.29 is 36.7 Å². The van der Waals surface area contributed by atoms with Crippen molar-refractivity contribution in [2.75, 3.05) is 25.3 Å². The van der Waals surface area contributed by atoms with Gasteiger partial charge in [-0.2, -0.15) is 13.2 Å². The number of alkyl halides is 3. The molecular weight excluding hydrogens is 521 g/mol. The molecule has 1 amide bonds. The molecule has 0 aromatic heterocycles. The first-order chi connectivity index (χ1) is 16.1. The van der Waals surface area contributed by atoms with E-state index in [1.807, 2.05) is 6.26 Å². The van der Waals surface area contributed by atoms with Crippen LogP contribution in [0.4, 0.5) is 13.2 Å². The lowest BCUT2D eigenvalue weighted by atomic mass is 10.2. The molecule has 200 valence electrons. The second-order valence-electron chi connectivity index (χ2n) is 9.34. The maximum Gasteiger partial charge on any atom is 0.471 e. The Bertz CT molecular complexity index is 823. The number of rotatable bonds is 11. The molecule has 1 unspecified atom stereocenters. The van der Waals surface area contributed by atoms with Crippen molar-refractivity contribution >= 4 is 41.6 Å². The highest BCUT2D eigenvalue weighted by molar-refractivity contribution is 8.76. The van der Waals surface area contributed by atoms with Crippen LogP contribution >= 0.6 is 21.6 Å². The third-order valence-electron chi connectivity index (χ3n) is 5.67. The predicted octanol–water partition coefficient (Wildman–Crippen LogP) is 4.22. The average Bonchev–Trinajstić information content (AvgIpc) is 3.11. The number of ether oxygens (including phenoxy) is 2. The summed E-state index contributed by atoms with van der Waals surface area (Å²) in [6, 6.07) is 0. The van der Waals surface area contributed by atoms with E-state index >= 15 is 0 Å². The third-order valence-corrected chi connectivity index (χ3v) is 11.6. The predicted molar refractivity (Wildman–Crippen MR) is 136 cm³/mol. The molecule has 0 spiro atoms. The fourth-order valence-electron chi connectivity index (χ4n) is 2.58. The Balaban J connectivity index is 2.81. The number of hydrogen-bond donors (Lipinski definition) is 2. The van der Waals surface area contributed by atoms with Gasteiger partial charge in [-0.25, -0.2) is 0 Å². The van der Waals surface area contributed by atoms with Gasteiger partial charge < -0.3 is 24.5 Å². The monoisotopic (exact) mass is 556 g/mol. The van der Waals surface area contributed by atoms with Crippen molar-refractivity contribution in [3.63, 3.8) is 0 Å². The summed E-state index contributed by atoms with van der Waals surface area (Å²) in [6.07, 6.45) is -2.12. The van der Waals surface area contributed by atoms with E-state index in [4.69, 9.17) is 13.9 Å². The molecule has 0 aliphatic carbocycles. The first-order valence-electron chi connectivity index (χ1n) is 11.0. The molecule has 1 aliphatic heterocycles. The normalized spacial score (nSPS) is 21.3. The lowest BCUT2D eigenvalue weighted by Crippen LogP contribution is -2.44. The smallest absolute Gasteiger partial charge is 0.414 e. The van der Waals surface area contributed by atoms with Crippen LogP contribution in [0.15, 0.2) is 11.8 Å². The summed E-state index contributed by atoms with van der Waals surface area (Å²) in [5.41, 5.74) is 0.0474. The minimum Gasteiger partial charge on any atom is -0.414 e. The van der Waals surface area contributed by atoms with Gasteiger partial charge in [0, 0.05) is 12.6 Å². The van der Waals surface area contributed by atoms with Crippen LogP contribution in [0, 0.1) is 11.8 Å². The molecule has 0 bridgehead atoms. The van der Waals surface area contributed by atoms with Gasteiger partial charge in [0.1, 0.15) is 18.3 Å². The van der Waals surface area contributed by atoms with Crippen LogP contribution in [0.3, 0.4) is 0 Å². The van der Waals surface area contributed by atoms with Crippen LogP contribution in [-0.2, 0) is 23.5 Å². The zero-order chi connectivity index (χ0) is 26.9. The van der Waals surface area contributed by atoms with E-state index in [1.165, 1.54) is 13.1 Å². The zero-order valence-electron chi connectivity index (χ0n) is 21.1. The summed E-state index contributed by atoms with van der Waals surface area (Å²) in [6.45, 7) is 11.9.